The minimum atomic E-state index is -0.537. The number of allylic oxidation sites excluding steroid dienone is 1. The van der Waals surface area contributed by atoms with E-state index in [1.807, 2.05) is 24.3 Å². The molecule has 1 aliphatic rings. The number of rotatable bonds is 6. The number of hydrogen-bond donors (Lipinski definition) is 0. The Morgan fingerprint density at radius 2 is 1.79 bits per heavy atom. The standard InChI is InChI=1S/C27H24ClNO4/c1-4-29(5-2)21-11-9-18(10-12-21)14-24-26(30)25-17(3)13-22(16-23(25)33-24)32-27(31)19-7-6-8-20(28)15-19/h6-16H,4-5H2,1-3H3/b24-14-. The van der Waals surface area contributed by atoms with Crippen molar-refractivity contribution < 1.29 is 19.1 Å². The van der Waals surface area contributed by atoms with Gasteiger partial charge in [-0.15, -0.1) is 0 Å². The van der Waals surface area contributed by atoms with Gasteiger partial charge in [0.25, 0.3) is 0 Å². The number of carbonyl (C=O) groups is 2. The summed E-state index contributed by atoms with van der Waals surface area (Å²) >= 11 is 5.96. The van der Waals surface area contributed by atoms with Gasteiger partial charge < -0.3 is 14.4 Å². The molecule has 0 fully saturated rings. The van der Waals surface area contributed by atoms with E-state index in [4.69, 9.17) is 21.1 Å². The third-order valence-electron chi connectivity index (χ3n) is 5.53. The molecule has 0 spiro atoms. The van der Waals surface area contributed by atoms with Crippen LogP contribution in [-0.4, -0.2) is 24.8 Å². The maximum atomic E-state index is 13.0. The minimum Gasteiger partial charge on any atom is -0.452 e. The molecule has 168 valence electrons. The molecule has 0 radical (unpaired) electrons. The van der Waals surface area contributed by atoms with Crippen LogP contribution in [0.15, 0.2) is 66.4 Å². The predicted octanol–water partition coefficient (Wildman–Crippen LogP) is 6.33. The molecular formula is C27H24ClNO4. The number of nitrogens with zero attached hydrogens (tertiary/aromatic N) is 1. The Kier molecular flexibility index (Phi) is 6.52. The summed E-state index contributed by atoms with van der Waals surface area (Å²) in [5, 5.41) is 0.448. The highest BCUT2D eigenvalue weighted by Gasteiger charge is 2.30. The van der Waals surface area contributed by atoms with Gasteiger partial charge in [-0.2, -0.15) is 0 Å². The first kappa shape index (κ1) is 22.6. The molecule has 0 N–H and O–H groups in total. The summed E-state index contributed by atoms with van der Waals surface area (Å²) in [4.78, 5) is 27.7. The van der Waals surface area contributed by atoms with Crippen LogP contribution in [-0.2, 0) is 0 Å². The summed E-state index contributed by atoms with van der Waals surface area (Å²) in [6.07, 6.45) is 1.73. The van der Waals surface area contributed by atoms with E-state index in [2.05, 4.69) is 18.7 Å². The van der Waals surface area contributed by atoms with Crippen LogP contribution in [0.4, 0.5) is 5.69 Å². The quantitative estimate of drug-likeness (QED) is 0.244. The molecule has 0 saturated carbocycles. The predicted molar refractivity (Wildman–Crippen MR) is 131 cm³/mol. The van der Waals surface area contributed by atoms with Gasteiger partial charge in [0.15, 0.2) is 5.76 Å². The third kappa shape index (κ3) is 4.78. The van der Waals surface area contributed by atoms with Gasteiger partial charge >= 0.3 is 5.97 Å². The van der Waals surface area contributed by atoms with E-state index in [1.165, 1.54) is 6.07 Å². The van der Waals surface area contributed by atoms with E-state index >= 15 is 0 Å². The zero-order valence-corrected chi connectivity index (χ0v) is 19.5. The lowest BCUT2D eigenvalue weighted by Crippen LogP contribution is -2.21. The Balaban J connectivity index is 1.55. The van der Waals surface area contributed by atoms with E-state index in [-0.39, 0.29) is 11.5 Å². The highest BCUT2D eigenvalue weighted by atomic mass is 35.5. The zero-order valence-electron chi connectivity index (χ0n) is 18.7. The van der Waals surface area contributed by atoms with Crippen molar-refractivity contribution in [3.63, 3.8) is 0 Å². The number of halogens is 1. The van der Waals surface area contributed by atoms with Crippen LogP contribution < -0.4 is 14.4 Å². The first-order valence-electron chi connectivity index (χ1n) is 10.8. The number of carbonyl (C=O) groups excluding carboxylic acids is 2. The molecule has 0 aromatic heterocycles. The van der Waals surface area contributed by atoms with Crippen LogP contribution in [0.1, 0.15) is 45.7 Å². The maximum Gasteiger partial charge on any atom is 0.343 e. The second-order valence-corrected chi connectivity index (χ2v) is 8.15. The molecule has 5 nitrogen and oxygen atoms in total. The van der Waals surface area contributed by atoms with Crippen LogP contribution in [0.3, 0.4) is 0 Å². The average Bonchev–Trinajstić information content (AvgIpc) is 3.11. The number of fused-ring (bicyclic) bond motifs is 1. The molecule has 3 aromatic carbocycles. The normalized spacial score (nSPS) is 13.6. The van der Waals surface area contributed by atoms with E-state index in [9.17, 15) is 9.59 Å². The highest BCUT2D eigenvalue weighted by molar-refractivity contribution is 6.30. The van der Waals surface area contributed by atoms with E-state index in [1.54, 1.807) is 43.3 Å². The van der Waals surface area contributed by atoms with Crippen molar-refractivity contribution in [3.8, 4) is 11.5 Å². The molecule has 0 atom stereocenters. The van der Waals surface area contributed by atoms with Gasteiger partial charge in [0, 0.05) is 29.9 Å². The lowest BCUT2D eigenvalue weighted by Gasteiger charge is -2.20. The molecule has 1 heterocycles. The summed E-state index contributed by atoms with van der Waals surface area (Å²) in [7, 11) is 0. The number of anilines is 1. The Bertz CT molecular complexity index is 1240. The number of esters is 1. The van der Waals surface area contributed by atoms with E-state index in [0.29, 0.717) is 33.2 Å². The summed E-state index contributed by atoms with van der Waals surface area (Å²) in [5.74, 6) is 0.184. The fourth-order valence-electron chi connectivity index (χ4n) is 3.84. The molecule has 4 rings (SSSR count). The molecule has 3 aromatic rings. The molecule has 1 aliphatic heterocycles. The monoisotopic (exact) mass is 461 g/mol. The fraction of sp³-hybridized carbons (Fsp3) is 0.185. The van der Waals surface area contributed by atoms with E-state index in [0.717, 1.165) is 24.3 Å². The van der Waals surface area contributed by atoms with Crippen molar-refractivity contribution in [1.82, 2.24) is 0 Å². The molecule has 0 aliphatic carbocycles. The summed E-state index contributed by atoms with van der Waals surface area (Å²) in [5.41, 5.74) is 3.49. The SMILES string of the molecule is CCN(CC)c1ccc(/C=C2\Oc3cc(OC(=O)c4cccc(Cl)c4)cc(C)c3C2=O)cc1. The Morgan fingerprint density at radius 3 is 2.45 bits per heavy atom. The molecule has 0 amide bonds. The van der Waals surface area contributed by atoms with Crippen molar-refractivity contribution in [1.29, 1.82) is 0 Å². The van der Waals surface area contributed by atoms with E-state index < -0.39 is 5.97 Å². The molecule has 33 heavy (non-hydrogen) atoms. The molecule has 0 bridgehead atoms. The van der Waals surface area contributed by atoms with Crippen LogP contribution >= 0.6 is 11.6 Å². The van der Waals surface area contributed by atoms with Crippen molar-refractivity contribution in [3.05, 3.63) is 93.7 Å². The number of hydrogen-bond acceptors (Lipinski definition) is 5. The highest BCUT2D eigenvalue weighted by Crippen LogP contribution is 2.38. The number of aryl methyl sites for hydroxylation is 1. The number of ether oxygens (including phenoxy) is 2. The van der Waals surface area contributed by atoms with Crippen LogP contribution in [0.2, 0.25) is 5.02 Å². The molecule has 0 saturated heterocycles. The number of benzene rings is 3. The topological polar surface area (TPSA) is 55.8 Å². The van der Waals surface area contributed by atoms with Crippen LogP contribution in [0, 0.1) is 6.92 Å². The zero-order chi connectivity index (χ0) is 23.5. The third-order valence-corrected chi connectivity index (χ3v) is 5.77. The Morgan fingerprint density at radius 1 is 1.06 bits per heavy atom. The van der Waals surface area contributed by atoms with Crippen molar-refractivity contribution in [2.45, 2.75) is 20.8 Å². The molecular weight excluding hydrogens is 438 g/mol. The second kappa shape index (κ2) is 9.51. The van der Waals surface area contributed by atoms with Crippen molar-refractivity contribution in [2.75, 3.05) is 18.0 Å². The second-order valence-electron chi connectivity index (χ2n) is 7.72. The van der Waals surface area contributed by atoms with Gasteiger partial charge in [0.2, 0.25) is 5.78 Å². The first-order valence-corrected chi connectivity index (χ1v) is 11.2. The van der Waals surface area contributed by atoms with Gasteiger partial charge in [-0.05, 0) is 74.4 Å². The van der Waals surface area contributed by atoms with Gasteiger partial charge in [0.1, 0.15) is 11.5 Å². The average molecular weight is 462 g/mol. The Labute approximate surface area is 198 Å². The minimum absolute atomic E-state index is 0.192. The fourth-order valence-corrected chi connectivity index (χ4v) is 4.03. The Hall–Kier alpha value is -3.57. The number of Topliss-reactive ketones (excluding diaryl/α,β-unsaturated/α-hetero) is 1. The van der Waals surface area contributed by atoms with Gasteiger partial charge in [-0.25, -0.2) is 4.79 Å². The van der Waals surface area contributed by atoms with Crippen molar-refractivity contribution in [2.24, 2.45) is 0 Å². The summed E-state index contributed by atoms with van der Waals surface area (Å²) in [6.45, 7) is 7.88. The van der Waals surface area contributed by atoms with Gasteiger partial charge in [-0.3, -0.25) is 4.79 Å². The van der Waals surface area contributed by atoms with Crippen molar-refractivity contribution >= 4 is 35.1 Å². The largest absolute Gasteiger partial charge is 0.452 e. The maximum absolute atomic E-state index is 13.0. The summed E-state index contributed by atoms with van der Waals surface area (Å²) < 4.78 is 11.4. The van der Waals surface area contributed by atoms with Crippen LogP contribution in [0.5, 0.6) is 11.5 Å². The lowest BCUT2D eigenvalue weighted by atomic mass is 10.0. The number of ketones is 1. The van der Waals surface area contributed by atoms with Crippen LogP contribution in [0.25, 0.3) is 6.08 Å². The smallest absolute Gasteiger partial charge is 0.343 e. The summed E-state index contributed by atoms with van der Waals surface area (Å²) in [6, 6.07) is 17.7. The van der Waals surface area contributed by atoms with Gasteiger partial charge in [-0.1, -0.05) is 29.8 Å². The molecule has 0 unspecified atom stereocenters. The first-order chi connectivity index (χ1) is 15.9. The molecule has 6 heteroatoms. The lowest BCUT2D eigenvalue weighted by molar-refractivity contribution is 0.0734. The van der Waals surface area contributed by atoms with Gasteiger partial charge in [0.05, 0.1) is 11.1 Å².